The summed E-state index contributed by atoms with van der Waals surface area (Å²) in [6, 6.07) is 1.78. The van der Waals surface area contributed by atoms with E-state index in [1.54, 1.807) is 19.9 Å². The molecule has 0 spiro atoms. The first-order valence-corrected chi connectivity index (χ1v) is 8.23. The molecule has 21 heavy (non-hydrogen) atoms. The van der Waals surface area contributed by atoms with Crippen molar-refractivity contribution in [3.8, 4) is 0 Å². The maximum absolute atomic E-state index is 12.3. The van der Waals surface area contributed by atoms with Gasteiger partial charge in [0.15, 0.2) is 5.76 Å². The fourth-order valence-electron chi connectivity index (χ4n) is 2.13. The van der Waals surface area contributed by atoms with Crippen molar-refractivity contribution >= 4 is 10.0 Å². The van der Waals surface area contributed by atoms with Crippen LogP contribution in [0.2, 0.25) is 0 Å². The average molecular weight is 312 g/mol. The van der Waals surface area contributed by atoms with Crippen LogP contribution in [0, 0.1) is 19.8 Å². The van der Waals surface area contributed by atoms with Gasteiger partial charge in [-0.2, -0.15) is 5.10 Å². The molecule has 0 aliphatic carbocycles. The van der Waals surface area contributed by atoms with Gasteiger partial charge in [-0.25, -0.2) is 13.1 Å². The zero-order valence-electron chi connectivity index (χ0n) is 12.6. The second-order valence-corrected chi connectivity index (χ2v) is 7.17. The number of aromatic amines is 1. The molecular weight excluding hydrogens is 292 g/mol. The highest BCUT2D eigenvalue weighted by atomic mass is 32.2. The number of hydrogen-bond donors (Lipinski definition) is 2. The highest BCUT2D eigenvalue weighted by Gasteiger charge is 2.22. The monoisotopic (exact) mass is 312 g/mol. The van der Waals surface area contributed by atoms with E-state index in [9.17, 15) is 8.42 Å². The summed E-state index contributed by atoms with van der Waals surface area (Å²) in [5.41, 5.74) is 1.78. The molecule has 2 N–H and O–H groups in total. The lowest BCUT2D eigenvalue weighted by atomic mass is 10.1. The van der Waals surface area contributed by atoms with E-state index in [2.05, 4.69) is 33.9 Å². The van der Waals surface area contributed by atoms with E-state index in [-0.39, 0.29) is 11.4 Å². The number of aromatic nitrogens is 3. The lowest BCUT2D eigenvalue weighted by Crippen LogP contribution is -2.24. The lowest BCUT2D eigenvalue weighted by Gasteiger charge is -2.04. The van der Waals surface area contributed by atoms with Gasteiger partial charge in [-0.1, -0.05) is 19.0 Å². The van der Waals surface area contributed by atoms with Crippen molar-refractivity contribution in [1.29, 1.82) is 0 Å². The molecular formula is C13H20N4O3S. The van der Waals surface area contributed by atoms with Crippen molar-refractivity contribution in [2.24, 2.45) is 5.92 Å². The van der Waals surface area contributed by atoms with Crippen LogP contribution >= 0.6 is 0 Å². The molecule has 0 bridgehead atoms. The molecule has 7 nitrogen and oxygen atoms in total. The Hall–Kier alpha value is -1.67. The van der Waals surface area contributed by atoms with Crippen LogP contribution in [-0.4, -0.2) is 23.8 Å². The van der Waals surface area contributed by atoms with Crippen LogP contribution in [-0.2, 0) is 23.0 Å². The first-order chi connectivity index (χ1) is 9.79. The Morgan fingerprint density at radius 1 is 1.38 bits per heavy atom. The van der Waals surface area contributed by atoms with E-state index in [0.29, 0.717) is 23.1 Å². The Kier molecular flexibility index (Phi) is 4.48. The fraction of sp³-hybridized carbons (Fsp3) is 0.538. The number of H-pyrrole nitrogens is 1. The van der Waals surface area contributed by atoms with Crippen molar-refractivity contribution in [3.63, 3.8) is 0 Å². The van der Waals surface area contributed by atoms with Gasteiger partial charge in [-0.05, 0) is 26.2 Å². The smallest absolute Gasteiger partial charge is 0.244 e. The van der Waals surface area contributed by atoms with Crippen LogP contribution in [0.4, 0.5) is 0 Å². The number of sulfonamides is 1. The standard InChI is InChI=1S/C13H20N4O3S/c1-8(2)5-11-6-12(20-17-11)7-14-21(18,19)13-9(3)15-16-10(13)4/h6,8,14H,5,7H2,1-4H3,(H,15,16). The Morgan fingerprint density at radius 2 is 2.10 bits per heavy atom. The van der Waals surface area contributed by atoms with Crippen LogP contribution < -0.4 is 4.72 Å². The van der Waals surface area contributed by atoms with Gasteiger partial charge >= 0.3 is 0 Å². The Morgan fingerprint density at radius 3 is 2.67 bits per heavy atom. The minimum absolute atomic E-state index is 0.0670. The van der Waals surface area contributed by atoms with Crippen LogP contribution in [0.25, 0.3) is 0 Å². The molecule has 0 amide bonds. The molecule has 0 saturated heterocycles. The third kappa shape index (κ3) is 3.70. The van der Waals surface area contributed by atoms with Crippen molar-refractivity contribution in [3.05, 3.63) is 28.9 Å². The number of nitrogens with one attached hydrogen (secondary N) is 2. The van der Waals surface area contributed by atoms with Crippen molar-refractivity contribution in [2.45, 2.75) is 45.6 Å². The normalized spacial score (nSPS) is 12.2. The second kappa shape index (κ2) is 5.98. The molecule has 0 saturated carbocycles. The molecule has 0 aromatic carbocycles. The lowest BCUT2D eigenvalue weighted by molar-refractivity contribution is 0.372. The van der Waals surface area contributed by atoms with Gasteiger partial charge in [-0.3, -0.25) is 5.10 Å². The Balaban J connectivity index is 2.07. The highest BCUT2D eigenvalue weighted by molar-refractivity contribution is 7.89. The molecule has 0 unspecified atom stereocenters. The van der Waals surface area contributed by atoms with Crippen LogP contribution in [0.15, 0.2) is 15.5 Å². The Bertz CT molecular complexity index is 696. The van der Waals surface area contributed by atoms with Gasteiger partial charge < -0.3 is 4.52 Å². The van der Waals surface area contributed by atoms with Gasteiger partial charge in [0.2, 0.25) is 10.0 Å². The van der Waals surface area contributed by atoms with Gasteiger partial charge in [0.25, 0.3) is 0 Å². The summed E-state index contributed by atoms with van der Waals surface area (Å²) in [5, 5.41) is 10.5. The van der Waals surface area contributed by atoms with Gasteiger partial charge in [-0.15, -0.1) is 0 Å². The van der Waals surface area contributed by atoms with E-state index >= 15 is 0 Å². The molecule has 8 heteroatoms. The first-order valence-electron chi connectivity index (χ1n) is 6.75. The summed E-state index contributed by atoms with van der Waals surface area (Å²) in [7, 11) is -3.62. The van der Waals surface area contributed by atoms with Gasteiger partial charge in [0.1, 0.15) is 4.90 Å². The third-order valence-corrected chi connectivity index (χ3v) is 4.65. The van der Waals surface area contributed by atoms with E-state index < -0.39 is 10.0 Å². The predicted molar refractivity (Wildman–Crippen MR) is 77.1 cm³/mol. The number of nitrogens with zero attached hydrogens (tertiary/aromatic N) is 2. The van der Waals surface area contributed by atoms with E-state index in [1.807, 2.05) is 0 Å². The summed E-state index contributed by atoms with van der Waals surface area (Å²) in [5.74, 6) is 0.962. The fourth-order valence-corrected chi connectivity index (χ4v) is 3.49. The molecule has 116 valence electrons. The van der Waals surface area contributed by atoms with Gasteiger partial charge in [0.05, 0.1) is 23.6 Å². The zero-order chi connectivity index (χ0) is 15.6. The van der Waals surface area contributed by atoms with Gasteiger partial charge in [0, 0.05) is 6.07 Å². The molecule has 2 heterocycles. The molecule has 0 fully saturated rings. The van der Waals surface area contributed by atoms with E-state index in [0.717, 1.165) is 12.1 Å². The molecule has 2 aromatic heterocycles. The Labute approximate surface area is 124 Å². The average Bonchev–Trinajstić information content (AvgIpc) is 2.94. The van der Waals surface area contributed by atoms with Crippen molar-refractivity contribution < 1.29 is 12.9 Å². The van der Waals surface area contributed by atoms with Crippen LogP contribution in [0.1, 0.15) is 36.7 Å². The van der Waals surface area contributed by atoms with Crippen molar-refractivity contribution in [1.82, 2.24) is 20.1 Å². The molecule has 0 atom stereocenters. The van der Waals surface area contributed by atoms with Crippen molar-refractivity contribution in [2.75, 3.05) is 0 Å². The summed E-state index contributed by atoms with van der Waals surface area (Å²) in [6.45, 7) is 7.55. The minimum atomic E-state index is -3.62. The maximum Gasteiger partial charge on any atom is 0.244 e. The summed E-state index contributed by atoms with van der Waals surface area (Å²) in [4.78, 5) is 0.185. The predicted octanol–water partition coefficient (Wildman–Crippen LogP) is 1.69. The molecule has 0 radical (unpaired) electrons. The number of rotatable bonds is 6. The molecule has 2 aromatic rings. The number of aryl methyl sites for hydroxylation is 2. The third-order valence-electron chi connectivity index (χ3n) is 2.99. The number of hydrogen-bond acceptors (Lipinski definition) is 5. The van der Waals surface area contributed by atoms with Crippen LogP contribution in [0.5, 0.6) is 0 Å². The molecule has 0 aliphatic heterocycles. The first kappa shape index (κ1) is 15.7. The second-order valence-electron chi connectivity index (χ2n) is 5.47. The summed E-state index contributed by atoms with van der Waals surface area (Å²) in [6.07, 6.45) is 0.802. The van der Waals surface area contributed by atoms with Crippen LogP contribution in [0.3, 0.4) is 0 Å². The van der Waals surface area contributed by atoms with E-state index in [4.69, 9.17) is 4.52 Å². The highest BCUT2D eigenvalue weighted by Crippen LogP contribution is 2.17. The zero-order valence-corrected chi connectivity index (χ0v) is 13.4. The molecule has 0 aliphatic rings. The minimum Gasteiger partial charge on any atom is -0.360 e. The summed E-state index contributed by atoms with van der Waals surface area (Å²) < 4.78 is 32.2. The molecule has 2 rings (SSSR count). The quantitative estimate of drug-likeness (QED) is 0.845. The maximum atomic E-state index is 12.3. The topological polar surface area (TPSA) is 101 Å². The SMILES string of the molecule is Cc1n[nH]c(C)c1S(=O)(=O)NCc1cc(CC(C)C)no1. The summed E-state index contributed by atoms with van der Waals surface area (Å²) >= 11 is 0. The van der Waals surface area contributed by atoms with E-state index in [1.165, 1.54) is 0 Å². The largest absolute Gasteiger partial charge is 0.360 e.